The van der Waals surface area contributed by atoms with Crippen molar-refractivity contribution in [3.63, 3.8) is 0 Å². The van der Waals surface area contributed by atoms with Gasteiger partial charge in [0.15, 0.2) is 0 Å². The van der Waals surface area contributed by atoms with Crippen molar-refractivity contribution in [1.82, 2.24) is 0 Å². The Kier molecular flexibility index (Phi) is 157. The molecule has 41 valence electrons. The predicted octanol–water partition coefficient (Wildman–Crippen LogP) is -0.926. The van der Waals surface area contributed by atoms with Crippen LogP contribution in [0.2, 0.25) is 0 Å². The third-order valence-electron chi connectivity index (χ3n) is 0. The molecule has 0 rings (SSSR count). The summed E-state index contributed by atoms with van der Waals surface area (Å²) >= 11 is 4.44. The van der Waals surface area contributed by atoms with E-state index in [4.69, 9.17) is 0 Å². The minimum atomic E-state index is 0. The van der Waals surface area contributed by atoms with Crippen molar-refractivity contribution in [2.75, 3.05) is 0 Å². The molecule has 0 aliphatic heterocycles. The van der Waals surface area contributed by atoms with Gasteiger partial charge in [0.25, 0.3) is 0 Å². The van der Waals surface area contributed by atoms with E-state index < -0.39 is 0 Å². The molecule has 0 bridgehead atoms. The van der Waals surface area contributed by atoms with E-state index in [1.165, 1.54) is 0 Å². The van der Waals surface area contributed by atoms with Crippen LogP contribution in [0.15, 0.2) is 0 Å². The van der Waals surface area contributed by atoms with Gasteiger partial charge in [-0.15, -0.1) is 0 Å². The van der Waals surface area contributed by atoms with E-state index in [2.05, 4.69) is 14.1 Å². The summed E-state index contributed by atoms with van der Waals surface area (Å²) in [4.78, 5) is 0. The summed E-state index contributed by atoms with van der Waals surface area (Å²) in [7, 11) is 0. The van der Waals surface area contributed by atoms with Crippen LogP contribution in [0.3, 0.4) is 0 Å². The molecular formula is H2AlCuFeMnNi. The van der Waals surface area contributed by atoms with Crippen molar-refractivity contribution < 1.29 is 64.8 Å². The first kappa shape index (κ1) is 25.6. The molecule has 0 unspecified atom stereocenters. The maximum absolute atomic E-state index is 3.39. The maximum Gasteiger partial charge on any atom is 0 e. The van der Waals surface area contributed by atoms with Crippen LogP contribution in [0, 0.1) is 0 Å². The smallest absolute Gasteiger partial charge is 0 e. The first-order valence-corrected chi connectivity index (χ1v) is 4.37. The molecule has 0 amide bonds. The normalized spacial score (nSPS) is 1.00. The minimum absolute atomic E-state index is 0. The van der Waals surface area contributed by atoms with E-state index in [-0.39, 0.29) is 50.6 Å². The zero-order chi connectivity index (χ0) is 2.00. The Morgan fingerprint density at radius 3 is 1.20 bits per heavy atom. The monoisotopic (exact) mass is 261 g/mol. The van der Waals surface area contributed by atoms with Gasteiger partial charge in [0.1, 0.15) is 0 Å². The fourth-order valence-electron chi connectivity index (χ4n) is 0. The van der Waals surface area contributed by atoms with E-state index in [0.717, 1.165) is 14.4 Å². The van der Waals surface area contributed by atoms with Crippen LogP contribution in [0.5, 0.6) is 0 Å². The summed E-state index contributed by atoms with van der Waals surface area (Å²) in [5, 5.41) is 0. The van der Waals surface area contributed by atoms with Crippen LogP contribution in [-0.2, 0) is 64.8 Å². The van der Waals surface area contributed by atoms with E-state index in [1.54, 1.807) is 0 Å². The molecule has 5 heavy (non-hydrogen) atoms. The van der Waals surface area contributed by atoms with Gasteiger partial charge in [-0.2, -0.15) is 0 Å². The molecule has 0 saturated heterocycles. The molecule has 0 nitrogen and oxygen atoms in total. The van der Waals surface area contributed by atoms with Crippen LogP contribution in [0.1, 0.15) is 0 Å². The third kappa shape index (κ3) is 20.7. The van der Waals surface area contributed by atoms with Crippen molar-refractivity contribution in [3.8, 4) is 0 Å². The Hall–Kier alpha value is 2.58. The largest absolute Gasteiger partial charge is 0 e. The van der Waals surface area contributed by atoms with Gasteiger partial charge in [-0.3, -0.25) is 0 Å². The minimum Gasteiger partial charge on any atom is 0 e. The molecular weight excluding hydrogens is 260 g/mol. The second-order valence-corrected chi connectivity index (χ2v) is 0. The first-order valence-electron chi connectivity index (χ1n) is 0.354. The fourth-order valence-corrected chi connectivity index (χ4v) is 0. The predicted molar refractivity (Wildman–Crippen MR) is 8.54 cm³/mol. The molecule has 0 spiro atoms. The van der Waals surface area contributed by atoms with Crippen molar-refractivity contribution in [3.05, 3.63) is 0 Å². The standard InChI is InChI=1S/Al.Cu.Fe.Mn.Ni.2H. The number of hydrogen-bond donors (Lipinski definition) is 0. The first-order chi connectivity index (χ1) is 1.00. The third-order valence-corrected chi connectivity index (χ3v) is 0. The summed E-state index contributed by atoms with van der Waals surface area (Å²) in [5.74, 6) is 0. The van der Waals surface area contributed by atoms with Gasteiger partial charge in [-0.1, -0.05) is 0 Å². The molecule has 0 fully saturated rings. The van der Waals surface area contributed by atoms with Gasteiger partial charge >= 0.3 is 28.6 Å². The van der Waals surface area contributed by atoms with E-state index >= 15 is 0 Å². The summed E-state index contributed by atoms with van der Waals surface area (Å²) in [6.45, 7) is 0. The average Bonchev–Trinajstić information content (AvgIpc) is 1.00. The Bertz CT molecular complexity index is 11.6. The Balaban J connectivity index is -0.00000000167. The van der Waals surface area contributed by atoms with E-state index in [0.29, 0.717) is 0 Å². The second-order valence-electron chi connectivity index (χ2n) is 0. The number of rotatable bonds is 0. The molecule has 0 aliphatic rings. The zero-order valence-corrected chi connectivity index (χ0v) is 8.56. The molecule has 0 N–H and O–H groups in total. The Morgan fingerprint density at radius 1 is 1.20 bits per heavy atom. The average molecular weight is 262 g/mol. The van der Waals surface area contributed by atoms with Crippen LogP contribution in [0.4, 0.5) is 0 Å². The molecule has 0 atom stereocenters. The summed E-state index contributed by atoms with van der Waals surface area (Å²) in [6.07, 6.45) is 0. The molecule has 0 heterocycles. The molecule has 0 aliphatic carbocycles. The van der Waals surface area contributed by atoms with E-state index in [1.807, 2.05) is 0 Å². The fraction of sp³-hybridized carbons (Fsp3) is 0. The van der Waals surface area contributed by atoms with Gasteiger partial charge in [-0.25, -0.2) is 0 Å². The van der Waals surface area contributed by atoms with Gasteiger partial charge in [0.2, 0.25) is 0 Å². The van der Waals surface area contributed by atoms with Crippen LogP contribution < -0.4 is 0 Å². The summed E-state index contributed by atoms with van der Waals surface area (Å²) in [6, 6.07) is 0. The van der Waals surface area contributed by atoms with Gasteiger partial charge in [0, 0.05) is 50.6 Å². The molecule has 0 aromatic carbocycles. The van der Waals surface area contributed by atoms with Crippen molar-refractivity contribution in [2.45, 2.75) is 0 Å². The van der Waals surface area contributed by atoms with Crippen molar-refractivity contribution in [1.29, 1.82) is 0 Å². The van der Waals surface area contributed by atoms with E-state index in [9.17, 15) is 0 Å². The van der Waals surface area contributed by atoms with Crippen molar-refractivity contribution in [2.24, 2.45) is 0 Å². The van der Waals surface area contributed by atoms with Gasteiger partial charge in [-0.05, 0) is 0 Å². The van der Waals surface area contributed by atoms with Gasteiger partial charge in [0.05, 0.1) is 0 Å². The van der Waals surface area contributed by atoms with Crippen molar-refractivity contribution >= 4 is 14.4 Å². The molecule has 0 saturated carbocycles. The second kappa shape index (κ2) is 30.7. The molecule has 0 aromatic heterocycles. The SMILES string of the molecule is [AlH2][Fe].[Cu].[Mn].[Ni]. The molecule has 2 radical (unpaired) electrons. The van der Waals surface area contributed by atoms with Crippen LogP contribution in [-0.4, -0.2) is 14.4 Å². The summed E-state index contributed by atoms with van der Waals surface area (Å²) in [5.41, 5.74) is 0. The summed E-state index contributed by atoms with van der Waals surface area (Å²) < 4.78 is 0. The van der Waals surface area contributed by atoms with Gasteiger partial charge < -0.3 is 0 Å². The molecule has 0 aromatic rings. The number of hydrogen-bond acceptors (Lipinski definition) is 0. The topological polar surface area (TPSA) is 0 Å². The molecule has 5 heteroatoms. The Labute approximate surface area is 78.2 Å². The quantitative estimate of drug-likeness (QED) is 0.495. The van der Waals surface area contributed by atoms with Crippen LogP contribution >= 0.6 is 0 Å². The van der Waals surface area contributed by atoms with Crippen LogP contribution in [0.25, 0.3) is 0 Å². The maximum atomic E-state index is 3.39. The zero-order valence-electron chi connectivity index (χ0n) is 2.35. The Morgan fingerprint density at radius 2 is 1.20 bits per heavy atom.